The molecule has 1 saturated carbocycles. The molecular weight excluding hydrogens is 386 g/mol. The van der Waals surface area contributed by atoms with E-state index < -0.39 is 0 Å². The highest BCUT2D eigenvalue weighted by atomic mass is 35.5. The second-order valence-corrected chi connectivity index (χ2v) is 8.64. The molecule has 2 amide bonds. The van der Waals surface area contributed by atoms with Crippen molar-refractivity contribution < 1.29 is 9.53 Å². The first-order valence-electron chi connectivity index (χ1n) is 10.0. The molecule has 0 spiro atoms. The summed E-state index contributed by atoms with van der Waals surface area (Å²) < 4.78 is 5.90. The van der Waals surface area contributed by atoms with Gasteiger partial charge in [-0.05, 0) is 55.2 Å². The Bertz CT molecular complexity index is 951. The lowest BCUT2D eigenvalue weighted by Gasteiger charge is -2.35. The van der Waals surface area contributed by atoms with Crippen LogP contribution in [0, 0.1) is 5.41 Å². The highest BCUT2D eigenvalue weighted by molar-refractivity contribution is 6.31. The number of hydrogen-bond acceptors (Lipinski definition) is 3. The van der Waals surface area contributed by atoms with Gasteiger partial charge in [0, 0.05) is 28.6 Å². The van der Waals surface area contributed by atoms with Crippen molar-refractivity contribution in [3.05, 3.63) is 64.2 Å². The Hall–Kier alpha value is -2.53. The minimum atomic E-state index is -0.375. The van der Waals surface area contributed by atoms with Crippen LogP contribution in [-0.2, 0) is 6.42 Å². The second kappa shape index (κ2) is 7.71. The number of urea groups is 1. The molecule has 0 aromatic heterocycles. The Morgan fingerprint density at radius 3 is 2.62 bits per heavy atom. The van der Waals surface area contributed by atoms with Crippen LogP contribution in [0.3, 0.4) is 0 Å². The van der Waals surface area contributed by atoms with Gasteiger partial charge >= 0.3 is 6.03 Å². The third kappa shape index (κ3) is 4.25. The molecule has 4 rings (SSSR count). The minimum Gasteiger partial charge on any atom is -0.493 e. The van der Waals surface area contributed by atoms with Crippen LogP contribution in [0.15, 0.2) is 47.5 Å². The highest BCUT2D eigenvalue weighted by Gasteiger charge is 2.38. The molecular formula is C23H26ClN3O2. The van der Waals surface area contributed by atoms with E-state index in [0.717, 1.165) is 29.9 Å². The Balaban J connectivity index is 1.56. The fraction of sp³-hybridized carbons (Fsp3) is 0.391. The number of nitrogens with zero attached hydrogens (tertiary/aromatic N) is 2. The van der Waals surface area contributed by atoms with Crippen molar-refractivity contribution in [2.45, 2.75) is 39.3 Å². The van der Waals surface area contributed by atoms with Crippen LogP contribution in [0.25, 0.3) is 0 Å². The van der Waals surface area contributed by atoms with Crippen LogP contribution in [0.2, 0.25) is 5.02 Å². The zero-order valence-corrected chi connectivity index (χ0v) is 17.8. The smallest absolute Gasteiger partial charge is 0.344 e. The summed E-state index contributed by atoms with van der Waals surface area (Å²) in [4.78, 5) is 18.5. The van der Waals surface area contributed by atoms with Crippen molar-refractivity contribution in [3.63, 3.8) is 0 Å². The number of benzene rings is 2. The van der Waals surface area contributed by atoms with Crippen molar-refractivity contribution in [3.8, 4) is 5.75 Å². The number of rotatable bonds is 6. The van der Waals surface area contributed by atoms with E-state index >= 15 is 0 Å². The van der Waals surface area contributed by atoms with E-state index in [2.05, 4.69) is 24.2 Å². The lowest BCUT2D eigenvalue weighted by molar-refractivity contribution is 0.225. The van der Waals surface area contributed by atoms with Gasteiger partial charge in [-0.3, -0.25) is 0 Å². The number of carbonyl (C=O) groups excluding carboxylic acids is 1. The normalized spacial score (nSPS) is 20.1. The van der Waals surface area contributed by atoms with Crippen LogP contribution < -0.4 is 10.1 Å². The average Bonchev–Trinajstić information content (AvgIpc) is 3.46. The fourth-order valence-electron chi connectivity index (χ4n) is 3.44. The summed E-state index contributed by atoms with van der Waals surface area (Å²) in [5.41, 5.74) is 3.23. The van der Waals surface area contributed by atoms with Crippen molar-refractivity contribution >= 4 is 23.5 Å². The van der Waals surface area contributed by atoms with Crippen molar-refractivity contribution in [2.24, 2.45) is 10.4 Å². The van der Waals surface area contributed by atoms with Gasteiger partial charge in [0.15, 0.2) is 0 Å². The van der Waals surface area contributed by atoms with Gasteiger partial charge < -0.3 is 15.0 Å². The predicted octanol–water partition coefficient (Wildman–Crippen LogP) is 5.18. The third-order valence-electron chi connectivity index (χ3n) is 5.76. The van der Waals surface area contributed by atoms with Gasteiger partial charge in [-0.15, -0.1) is 0 Å². The Kier molecular flexibility index (Phi) is 5.26. The molecule has 1 aliphatic carbocycles. The molecule has 2 aromatic rings. The predicted molar refractivity (Wildman–Crippen MR) is 116 cm³/mol. The van der Waals surface area contributed by atoms with Crippen LogP contribution >= 0.6 is 11.6 Å². The van der Waals surface area contributed by atoms with E-state index in [1.165, 1.54) is 18.4 Å². The van der Waals surface area contributed by atoms with Gasteiger partial charge in [0.05, 0.1) is 6.61 Å². The number of amidine groups is 1. The van der Waals surface area contributed by atoms with Gasteiger partial charge in [-0.1, -0.05) is 37.6 Å². The molecule has 1 unspecified atom stereocenters. The van der Waals surface area contributed by atoms with E-state index in [9.17, 15) is 4.79 Å². The average molecular weight is 412 g/mol. The number of amides is 2. The van der Waals surface area contributed by atoms with E-state index in [1.807, 2.05) is 54.4 Å². The number of halogens is 1. The summed E-state index contributed by atoms with van der Waals surface area (Å²) in [7, 11) is 1.91. The molecule has 0 radical (unpaired) electrons. The maximum Gasteiger partial charge on any atom is 0.344 e. The molecule has 2 aliphatic rings. The summed E-state index contributed by atoms with van der Waals surface area (Å²) in [6, 6.07) is 13.3. The lowest BCUT2D eigenvalue weighted by atomic mass is 10.0. The van der Waals surface area contributed by atoms with Crippen LogP contribution in [0.1, 0.15) is 49.5 Å². The van der Waals surface area contributed by atoms with E-state index in [0.29, 0.717) is 16.3 Å². The van der Waals surface area contributed by atoms with Gasteiger partial charge in [0.1, 0.15) is 17.8 Å². The number of hydrogen-bond donors (Lipinski definition) is 1. The number of ether oxygens (including phenoxy) is 1. The minimum absolute atomic E-state index is 0.337. The van der Waals surface area contributed by atoms with Crippen molar-refractivity contribution in [1.29, 1.82) is 0 Å². The standard InChI is InChI=1S/C23H26ClN3O2/c1-4-15-5-10-19(24)18(13-15)21-26-22(28)25-20(27(21)3)16-6-8-17(9-7-16)29-14-23(2)11-12-23/h5-10,13,21H,4,11-12,14H2,1-3H3,(H,26,28). The summed E-state index contributed by atoms with van der Waals surface area (Å²) in [6.45, 7) is 5.07. The monoisotopic (exact) mass is 411 g/mol. The quantitative estimate of drug-likeness (QED) is 0.712. The summed E-state index contributed by atoms with van der Waals surface area (Å²) in [5, 5.41) is 3.54. The summed E-state index contributed by atoms with van der Waals surface area (Å²) >= 11 is 6.46. The SMILES string of the molecule is CCc1ccc(Cl)c(C2NC(=O)N=C(c3ccc(OCC4(C)CC4)cc3)N2C)c1. The number of aryl methyl sites for hydroxylation is 1. The first kappa shape index (κ1) is 19.8. The van der Waals surface area contributed by atoms with Crippen LogP contribution in [-0.4, -0.2) is 30.4 Å². The van der Waals surface area contributed by atoms with Gasteiger partial charge in [0.2, 0.25) is 0 Å². The van der Waals surface area contributed by atoms with Crippen molar-refractivity contribution in [1.82, 2.24) is 10.2 Å². The van der Waals surface area contributed by atoms with Gasteiger partial charge in [-0.25, -0.2) is 4.79 Å². The Morgan fingerprint density at radius 2 is 1.97 bits per heavy atom. The molecule has 0 saturated heterocycles. The first-order chi connectivity index (χ1) is 13.9. The number of aliphatic imine (C=N–C) groups is 1. The molecule has 1 aliphatic heterocycles. The Morgan fingerprint density at radius 1 is 1.24 bits per heavy atom. The van der Waals surface area contributed by atoms with E-state index in [1.54, 1.807) is 0 Å². The topological polar surface area (TPSA) is 53.9 Å². The van der Waals surface area contributed by atoms with Crippen molar-refractivity contribution in [2.75, 3.05) is 13.7 Å². The lowest BCUT2D eigenvalue weighted by Crippen LogP contribution is -2.46. The third-order valence-corrected chi connectivity index (χ3v) is 6.10. The fourth-order valence-corrected chi connectivity index (χ4v) is 3.66. The second-order valence-electron chi connectivity index (χ2n) is 8.23. The zero-order valence-electron chi connectivity index (χ0n) is 17.0. The molecule has 1 atom stereocenters. The van der Waals surface area contributed by atoms with Crippen LogP contribution in [0.4, 0.5) is 4.79 Å². The molecule has 5 nitrogen and oxygen atoms in total. The molecule has 6 heteroatoms. The molecule has 0 bridgehead atoms. The van der Waals surface area contributed by atoms with E-state index in [4.69, 9.17) is 16.3 Å². The number of nitrogens with one attached hydrogen (secondary N) is 1. The molecule has 1 heterocycles. The van der Waals surface area contributed by atoms with Gasteiger partial charge in [-0.2, -0.15) is 4.99 Å². The van der Waals surface area contributed by atoms with Crippen LogP contribution in [0.5, 0.6) is 5.75 Å². The molecule has 29 heavy (non-hydrogen) atoms. The molecule has 1 N–H and O–H groups in total. The maximum atomic E-state index is 12.3. The molecule has 2 aromatic carbocycles. The molecule has 1 fully saturated rings. The largest absolute Gasteiger partial charge is 0.493 e. The maximum absolute atomic E-state index is 12.3. The zero-order chi connectivity index (χ0) is 20.6. The highest BCUT2D eigenvalue weighted by Crippen LogP contribution is 2.45. The van der Waals surface area contributed by atoms with Gasteiger partial charge in [0.25, 0.3) is 0 Å². The Labute approximate surface area is 176 Å². The summed E-state index contributed by atoms with van der Waals surface area (Å²) in [6.07, 6.45) is 2.98. The van der Waals surface area contributed by atoms with E-state index in [-0.39, 0.29) is 12.2 Å². The summed E-state index contributed by atoms with van der Waals surface area (Å²) in [5.74, 6) is 1.44. The first-order valence-corrected chi connectivity index (χ1v) is 10.4. The molecule has 152 valence electrons. The number of carbonyl (C=O) groups is 1.